The average molecular weight is 374 g/mol. The van der Waals surface area contributed by atoms with Crippen LogP contribution in [-0.4, -0.2) is 18.5 Å². The number of amides is 1. The van der Waals surface area contributed by atoms with Gasteiger partial charge in [-0.05, 0) is 30.3 Å². The first kappa shape index (κ1) is 18.2. The summed E-state index contributed by atoms with van der Waals surface area (Å²) in [7, 11) is 0. The van der Waals surface area contributed by atoms with Gasteiger partial charge in [-0.1, -0.05) is 29.3 Å². The molecule has 24 heavy (non-hydrogen) atoms. The molecule has 0 spiro atoms. The van der Waals surface area contributed by atoms with Crippen molar-refractivity contribution in [1.82, 2.24) is 0 Å². The number of halogens is 4. The Hall–Kier alpha value is -2.18. The first-order chi connectivity index (χ1) is 11.4. The third-order valence-electron chi connectivity index (χ3n) is 2.95. The molecule has 126 valence electrons. The van der Waals surface area contributed by atoms with E-state index in [1.807, 2.05) is 0 Å². The topological polar surface area (TPSA) is 55.4 Å². The van der Waals surface area contributed by atoms with Crippen molar-refractivity contribution in [2.24, 2.45) is 0 Å². The summed E-state index contributed by atoms with van der Waals surface area (Å²) in [5.41, 5.74) is -0.161. The molecule has 0 fully saturated rings. The summed E-state index contributed by atoms with van der Waals surface area (Å²) in [4.78, 5) is 23.3. The Labute approximate surface area is 146 Å². The molecule has 2 aromatic rings. The Balaban J connectivity index is 1.89. The molecule has 0 aromatic heterocycles. The Morgan fingerprint density at radius 1 is 1.08 bits per heavy atom. The maximum atomic E-state index is 13.6. The molecule has 1 N–H and O–H groups in total. The fraction of sp³-hybridized carbons (Fsp3) is 0.125. The first-order valence-corrected chi connectivity index (χ1v) is 7.46. The highest BCUT2D eigenvalue weighted by molar-refractivity contribution is 6.31. The fourth-order valence-corrected chi connectivity index (χ4v) is 2.22. The van der Waals surface area contributed by atoms with E-state index in [0.29, 0.717) is 0 Å². The molecule has 0 bridgehead atoms. The number of rotatable bonds is 5. The highest BCUT2D eigenvalue weighted by atomic mass is 35.5. The second-order valence-electron chi connectivity index (χ2n) is 4.71. The van der Waals surface area contributed by atoms with Gasteiger partial charge in [0.25, 0.3) is 5.91 Å². The summed E-state index contributed by atoms with van der Waals surface area (Å²) >= 11 is 11.5. The SMILES string of the molecule is O=C(COC(=O)Cc1c(F)cccc1Cl)Nc1cc(Cl)ccc1F. The van der Waals surface area contributed by atoms with Crippen molar-refractivity contribution < 1.29 is 23.1 Å². The van der Waals surface area contributed by atoms with Gasteiger partial charge in [0, 0.05) is 15.6 Å². The molecular formula is C16H11Cl2F2NO3. The lowest BCUT2D eigenvalue weighted by molar-refractivity contribution is -0.146. The number of hydrogen-bond acceptors (Lipinski definition) is 3. The molecule has 0 unspecified atom stereocenters. The maximum absolute atomic E-state index is 13.6. The first-order valence-electron chi connectivity index (χ1n) is 6.70. The van der Waals surface area contributed by atoms with E-state index in [-0.39, 0.29) is 21.3 Å². The van der Waals surface area contributed by atoms with E-state index in [9.17, 15) is 18.4 Å². The number of hydrogen-bond donors (Lipinski definition) is 1. The molecule has 0 saturated heterocycles. The van der Waals surface area contributed by atoms with Crippen LogP contribution in [0.4, 0.5) is 14.5 Å². The molecule has 0 atom stereocenters. The number of nitrogens with one attached hydrogen (secondary N) is 1. The van der Waals surface area contributed by atoms with Crippen LogP contribution in [0, 0.1) is 11.6 Å². The molecule has 0 saturated carbocycles. The van der Waals surface area contributed by atoms with Crippen molar-refractivity contribution in [2.45, 2.75) is 6.42 Å². The van der Waals surface area contributed by atoms with Crippen LogP contribution in [0.15, 0.2) is 36.4 Å². The molecule has 8 heteroatoms. The van der Waals surface area contributed by atoms with Gasteiger partial charge in [-0.2, -0.15) is 0 Å². The zero-order chi connectivity index (χ0) is 17.7. The maximum Gasteiger partial charge on any atom is 0.310 e. The fourth-order valence-electron chi connectivity index (χ4n) is 1.82. The predicted octanol–water partition coefficient (Wildman–Crippen LogP) is 4.00. The quantitative estimate of drug-likeness (QED) is 0.806. The summed E-state index contributed by atoms with van der Waals surface area (Å²) in [6.07, 6.45) is -0.426. The molecule has 0 aliphatic carbocycles. The van der Waals surface area contributed by atoms with Crippen LogP contribution in [0.1, 0.15) is 5.56 Å². The normalized spacial score (nSPS) is 10.3. The number of anilines is 1. The molecule has 1 amide bonds. The van der Waals surface area contributed by atoms with E-state index < -0.39 is 36.5 Å². The summed E-state index contributed by atoms with van der Waals surface area (Å²) < 4.78 is 31.7. The van der Waals surface area contributed by atoms with Crippen molar-refractivity contribution in [3.63, 3.8) is 0 Å². The summed E-state index contributed by atoms with van der Waals surface area (Å²) in [5.74, 6) is -2.94. The van der Waals surface area contributed by atoms with Crippen LogP contribution in [0.25, 0.3) is 0 Å². The minimum Gasteiger partial charge on any atom is -0.455 e. The lowest BCUT2D eigenvalue weighted by Gasteiger charge is -2.09. The molecule has 2 aromatic carbocycles. The van der Waals surface area contributed by atoms with Gasteiger partial charge in [-0.15, -0.1) is 0 Å². The third kappa shape index (κ3) is 4.91. The van der Waals surface area contributed by atoms with Gasteiger partial charge in [-0.3, -0.25) is 9.59 Å². The third-order valence-corrected chi connectivity index (χ3v) is 3.54. The van der Waals surface area contributed by atoms with E-state index in [2.05, 4.69) is 5.32 Å². The molecule has 0 aliphatic heterocycles. The average Bonchev–Trinajstić information content (AvgIpc) is 2.53. The lowest BCUT2D eigenvalue weighted by atomic mass is 10.1. The number of ether oxygens (including phenoxy) is 1. The molecule has 4 nitrogen and oxygen atoms in total. The summed E-state index contributed by atoms with van der Waals surface area (Å²) in [6, 6.07) is 7.62. The predicted molar refractivity (Wildman–Crippen MR) is 86.1 cm³/mol. The minimum atomic E-state index is -0.844. The van der Waals surface area contributed by atoms with E-state index in [0.717, 1.165) is 12.1 Å². The Morgan fingerprint density at radius 3 is 2.54 bits per heavy atom. The smallest absolute Gasteiger partial charge is 0.310 e. The van der Waals surface area contributed by atoms with Crippen molar-refractivity contribution in [3.05, 3.63) is 63.6 Å². The Morgan fingerprint density at radius 2 is 1.83 bits per heavy atom. The van der Waals surface area contributed by atoms with E-state index in [4.69, 9.17) is 27.9 Å². The Kier molecular flexibility index (Phi) is 6.11. The zero-order valence-corrected chi connectivity index (χ0v) is 13.6. The largest absolute Gasteiger partial charge is 0.455 e. The van der Waals surface area contributed by atoms with E-state index >= 15 is 0 Å². The van der Waals surface area contributed by atoms with Gasteiger partial charge in [0.15, 0.2) is 6.61 Å². The van der Waals surface area contributed by atoms with Crippen molar-refractivity contribution in [1.29, 1.82) is 0 Å². The van der Waals surface area contributed by atoms with Crippen molar-refractivity contribution in [3.8, 4) is 0 Å². The monoisotopic (exact) mass is 373 g/mol. The van der Waals surface area contributed by atoms with Crippen LogP contribution < -0.4 is 5.32 Å². The summed E-state index contributed by atoms with van der Waals surface area (Å²) in [6.45, 7) is -0.656. The highest BCUT2D eigenvalue weighted by Crippen LogP contribution is 2.20. The molecule has 0 heterocycles. The van der Waals surface area contributed by atoms with Crippen LogP contribution >= 0.6 is 23.2 Å². The van der Waals surface area contributed by atoms with Gasteiger partial charge in [0.2, 0.25) is 0 Å². The van der Waals surface area contributed by atoms with Gasteiger partial charge < -0.3 is 10.1 Å². The summed E-state index contributed by atoms with van der Waals surface area (Å²) in [5, 5.41) is 2.53. The van der Waals surface area contributed by atoms with Gasteiger partial charge >= 0.3 is 5.97 Å². The standard InChI is InChI=1S/C16H11Cl2F2NO3/c17-9-4-5-13(20)14(6-9)21-15(22)8-24-16(23)7-10-11(18)2-1-3-12(10)19/h1-6H,7-8H2,(H,21,22). The van der Waals surface area contributed by atoms with Crippen molar-refractivity contribution >= 4 is 40.8 Å². The van der Waals surface area contributed by atoms with Crippen molar-refractivity contribution in [2.75, 3.05) is 11.9 Å². The molecule has 0 aliphatic rings. The number of carbonyl (C=O) groups is 2. The minimum absolute atomic E-state index is 0.0227. The van der Waals surface area contributed by atoms with Crippen LogP contribution in [0.3, 0.4) is 0 Å². The lowest BCUT2D eigenvalue weighted by Crippen LogP contribution is -2.22. The van der Waals surface area contributed by atoms with Gasteiger partial charge in [-0.25, -0.2) is 8.78 Å². The van der Waals surface area contributed by atoms with Gasteiger partial charge in [0.05, 0.1) is 12.1 Å². The van der Waals surface area contributed by atoms with E-state index in [1.165, 1.54) is 24.3 Å². The highest BCUT2D eigenvalue weighted by Gasteiger charge is 2.15. The van der Waals surface area contributed by atoms with Gasteiger partial charge in [0.1, 0.15) is 11.6 Å². The number of benzene rings is 2. The van der Waals surface area contributed by atoms with E-state index in [1.54, 1.807) is 0 Å². The number of carbonyl (C=O) groups excluding carboxylic acids is 2. The number of esters is 1. The Bertz CT molecular complexity index is 764. The molecule has 0 radical (unpaired) electrons. The second-order valence-corrected chi connectivity index (χ2v) is 5.55. The van der Waals surface area contributed by atoms with Crippen LogP contribution in [-0.2, 0) is 20.7 Å². The molecule has 2 rings (SSSR count). The van der Waals surface area contributed by atoms with Crippen LogP contribution in [0.5, 0.6) is 0 Å². The second kappa shape index (κ2) is 8.08. The van der Waals surface area contributed by atoms with Crippen LogP contribution in [0.2, 0.25) is 10.0 Å². The zero-order valence-electron chi connectivity index (χ0n) is 12.1. The molecular weight excluding hydrogens is 363 g/mol.